The van der Waals surface area contributed by atoms with E-state index < -0.39 is 0 Å². The third kappa shape index (κ3) is 4.20. The average molecular weight is 276 g/mol. The summed E-state index contributed by atoms with van der Waals surface area (Å²) in [5.74, 6) is 0.786. The van der Waals surface area contributed by atoms with Gasteiger partial charge in [0.2, 0.25) is 0 Å². The molecular formula is C15H24N4O. The molecule has 0 bridgehead atoms. The van der Waals surface area contributed by atoms with Gasteiger partial charge < -0.3 is 10.9 Å². The van der Waals surface area contributed by atoms with Crippen molar-refractivity contribution in [3.05, 3.63) is 29.6 Å². The van der Waals surface area contributed by atoms with E-state index in [2.05, 4.69) is 28.9 Å². The molecule has 1 aromatic rings. The van der Waals surface area contributed by atoms with Crippen LogP contribution < -0.4 is 5.73 Å². The molecule has 0 aromatic carbocycles. The third-order valence-corrected chi connectivity index (χ3v) is 3.64. The fourth-order valence-corrected chi connectivity index (χ4v) is 2.25. The van der Waals surface area contributed by atoms with Crippen molar-refractivity contribution in [1.29, 1.82) is 0 Å². The standard InChI is InChI=1S/C15H24N4O/c1-11(2)6-8-19(13-3-4-13)10-12-5-7-17-14(9-12)15(16)18-20/h5,7,9,11,13,20H,3-4,6,8,10H2,1-2H3,(H2,16,18). The lowest BCUT2D eigenvalue weighted by Crippen LogP contribution is -2.27. The Morgan fingerprint density at radius 2 is 2.30 bits per heavy atom. The first kappa shape index (κ1) is 14.8. The molecule has 0 spiro atoms. The molecule has 0 atom stereocenters. The Bertz CT molecular complexity index is 469. The first-order chi connectivity index (χ1) is 9.60. The minimum Gasteiger partial charge on any atom is -0.409 e. The summed E-state index contributed by atoms with van der Waals surface area (Å²) in [6, 6.07) is 4.63. The Labute approximate surface area is 120 Å². The molecule has 1 aliphatic carbocycles. The quantitative estimate of drug-likeness (QED) is 0.346. The molecule has 0 radical (unpaired) electrons. The summed E-state index contributed by atoms with van der Waals surface area (Å²) in [4.78, 5) is 6.65. The molecule has 2 rings (SSSR count). The summed E-state index contributed by atoms with van der Waals surface area (Å²) in [7, 11) is 0. The molecule has 0 amide bonds. The van der Waals surface area contributed by atoms with Gasteiger partial charge in [-0.25, -0.2) is 0 Å². The van der Waals surface area contributed by atoms with Crippen LogP contribution in [0.1, 0.15) is 44.4 Å². The van der Waals surface area contributed by atoms with E-state index in [0.717, 1.165) is 30.6 Å². The minimum atomic E-state index is 0.0620. The lowest BCUT2D eigenvalue weighted by Gasteiger charge is -2.23. The van der Waals surface area contributed by atoms with Crippen molar-refractivity contribution in [3.8, 4) is 0 Å². The molecule has 0 unspecified atom stereocenters. The zero-order valence-corrected chi connectivity index (χ0v) is 12.3. The predicted molar refractivity (Wildman–Crippen MR) is 79.6 cm³/mol. The number of rotatable bonds is 7. The van der Waals surface area contributed by atoms with E-state index in [9.17, 15) is 0 Å². The summed E-state index contributed by atoms with van der Waals surface area (Å²) in [6.45, 7) is 6.55. The number of oxime groups is 1. The van der Waals surface area contributed by atoms with Gasteiger partial charge in [0, 0.05) is 18.8 Å². The highest BCUT2D eigenvalue weighted by Gasteiger charge is 2.28. The molecule has 0 saturated heterocycles. The molecule has 1 saturated carbocycles. The molecule has 1 heterocycles. The number of pyridine rings is 1. The van der Waals surface area contributed by atoms with Crippen LogP contribution in [0.2, 0.25) is 0 Å². The van der Waals surface area contributed by atoms with Gasteiger partial charge in [-0.3, -0.25) is 9.88 Å². The van der Waals surface area contributed by atoms with E-state index in [1.54, 1.807) is 6.20 Å². The highest BCUT2D eigenvalue weighted by molar-refractivity contribution is 5.95. The Morgan fingerprint density at radius 1 is 1.55 bits per heavy atom. The first-order valence-electron chi connectivity index (χ1n) is 7.27. The van der Waals surface area contributed by atoms with Crippen LogP contribution >= 0.6 is 0 Å². The summed E-state index contributed by atoms with van der Waals surface area (Å²) in [5, 5.41) is 11.7. The van der Waals surface area contributed by atoms with Crippen molar-refractivity contribution < 1.29 is 5.21 Å². The number of nitrogens with two attached hydrogens (primary N) is 1. The summed E-state index contributed by atoms with van der Waals surface area (Å²) < 4.78 is 0. The highest BCUT2D eigenvalue weighted by atomic mass is 16.4. The van der Waals surface area contributed by atoms with Gasteiger partial charge >= 0.3 is 0 Å². The van der Waals surface area contributed by atoms with Gasteiger partial charge in [0.05, 0.1) is 0 Å². The Morgan fingerprint density at radius 3 is 2.90 bits per heavy atom. The van der Waals surface area contributed by atoms with E-state index in [1.165, 1.54) is 19.3 Å². The molecule has 1 aliphatic rings. The van der Waals surface area contributed by atoms with Crippen LogP contribution in [-0.2, 0) is 6.54 Å². The average Bonchev–Trinajstić information content (AvgIpc) is 3.27. The number of hydrogen-bond donors (Lipinski definition) is 2. The maximum absolute atomic E-state index is 8.72. The number of hydrogen-bond acceptors (Lipinski definition) is 4. The van der Waals surface area contributed by atoms with Crippen LogP contribution in [0.3, 0.4) is 0 Å². The van der Waals surface area contributed by atoms with Crippen LogP contribution in [0, 0.1) is 5.92 Å². The number of nitrogens with zero attached hydrogens (tertiary/aromatic N) is 3. The van der Waals surface area contributed by atoms with Crippen LogP contribution in [0.25, 0.3) is 0 Å². The second-order valence-corrected chi connectivity index (χ2v) is 5.92. The van der Waals surface area contributed by atoms with Gasteiger partial charge in [-0.05, 0) is 49.4 Å². The predicted octanol–water partition coefficient (Wildman–Crippen LogP) is 2.19. The second-order valence-electron chi connectivity index (χ2n) is 5.92. The smallest absolute Gasteiger partial charge is 0.188 e. The molecule has 110 valence electrons. The van der Waals surface area contributed by atoms with Crippen LogP contribution in [0.5, 0.6) is 0 Å². The minimum absolute atomic E-state index is 0.0620. The highest BCUT2D eigenvalue weighted by Crippen LogP contribution is 2.28. The molecular weight excluding hydrogens is 252 g/mol. The molecule has 1 aromatic heterocycles. The second kappa shape index (κ2) is 6.70. The van der Waals surface area contributed by atoms with E-state index in [-0.39, 0.29) is 5.84 Å². The van der Waals surface area contributed by atoms with Crippen molar-refractivity contribution in [2.45, 2.75) is 45.7 Å². The molecule has 5 nitrogen and oxygen atoms in total. The molecule has 5 heteroatoms. The maximum Gasteiger partial charge on any atom is 0.188 e. The van der Waals surface area contributed by atoms with Gasteiger partial charge in [0.15, 0.2) is 5.84 Å². The zero-order valence-electron chi connectivity index (χ0n) is 12.3. The zero-order chi connectivity index (χ0) is 14.5. The monoisotopic (exact) mass is 276 g/mol. The van der Waals surface area contributed by atoms with E-state index in [0.29, 0.717) is 5.69 Å². The van der Waals surface area contributed by atoms with Crippen LogP contribution in [0.4, 0.5) is 0 Å². The lowest BCUT2D eigenvalue weighted by molar-refractivity contribution is 0.239. The summed E-state index contributed by atoms with van der Waals surface area (Å²) in [5.41, 5.74) is 7.28. The van der Waals surface area contributed by atoms with E-state index in [1.807, 2.05) is 12.1 Å². The summed E-state index contributed by atoms with van der Waals surface area (Å²) >= 11 is 0. The largest absolute Gasteiger partial charge is 0.409 e. The van der Waals surface area contributed by atoms with Gasteiger partial charge in [0.25, 0.3) is 0 Å². The number of amidine groups is 1. The topological polar surface area (TPSA) is 74.7 Å². The third-order valence-electron chi connectivity index (χ3n) is 3.64. The Hall–Kier alpha value is -1.62. The van der Waals surface area contributed by atoms with E-state index >= 15 is 0 Å². The Balaban J connectivity index is 2.02. The fourth-order valence-electron chi connectivity index (χ4n) is 2.25. The lowest BCUT2D eigenvalue weighted by atomic mass is 10.1. The first-order valence-corrected chi connectivity index (χ1v) is 7.27. The van der Waals surface area contributed by atoms with E-state index in [4.69, 9.17) is 10.9 Å². The van der Waals surface area contributed by atoms with Gasteiger partial charge in [-0.2, -0.15) is 0 Å². The van der Waals surface area contributed by atoms with Gasteiger partial charge in [-0.15, -0.1) is 0 Å². The van der Waals surface area contributed by atoms with Gasteiger partial charge in [0.1, 0.15) is 5.69 Å². The maximum atomic E-state index is 8.72. The van der Waals surface area contributed by atoms with Crippen molar-refractivity contribution in [2.24, 2.45) is 16.8 Å². The fraction of sp³-hybridized carbons (Fsp3) is 0.600. The molecule has 1 fully saturated rings. The van der Waals surface area contributed by atoms with Crippen LogP contribution in [0.15, 0.2) is 23.5 Å². The van der Waals surface area contributed by atoms with Gasteiger partial charge in [-0.1, -0.05) is 19.0 Å². The molecule has 3 N–H and O–H groups in total. The van der Waals surface area contributed by atoms with Crippen molar-refractivity contribution in [3.63, 3.8) is 0 Å². The summed E-state index contributed by atoms with van der Waals surface area (Å²) in [6.07, 6.45) is 5.54. The SMILES string of the molecule is CC(C)CCN(Cc1ccnc(/C(N)=N/O)c1)C1CC1. The molecule has 20 heavy (non-hydrogen) atoms. The number of aromatic nitrogens is 1. The van der Waals surface area contributed by atoms with Crippen LogP contribution in [-0.4, -0.2) is 33.5 Å². The van der Waals surface area contributed by atoms with Crippen molar-refractivity contribution >= 4 is 5.84 Å². The Kier molecular flexibility index (Phi) is 4.95. The van der Waals surface area contributed by atoms with Crippen molar-refractivity contribution in [1.82, 2.24) is 9.88 Å². The molecule has 0 aliphatic heterocycles. The normalized spacial score (nSPS) is 16.1. The van der Waals surface area contributed by atoms with Crippen molar-refractivity contribution in [2.75, 3.05) is 6.54 Å².